The lowest BCUT2D eigenvalue weighted by atomic mass is 10.2. The smallest absolute Gasteiger partial charge is 0.308 e. The standard InChI is InChI=1S/C18H20Cl2N2O2/c1-4-22(5-2)13-9-10-17(24-12(3)23)16(11-13)21-18-14(19)7-6-8-15(18)20/h6-11,21H,4-5H2,1-3H3. The minimum absolute atomic E-state index is 0.390. The van der Waals surface area contributed by atoms with Crippen molar-refractivity contribution in [3.63, 3.8) is 0 Å². The molecule has 0 saturated heterocycles. The van der Waals surface area contributed by atoms with Gasteiger partial charge in [-0.05, 0) is 44.2 Å². The molecule has 0 aromatic heterocycles. The Hall–Kier alpha value is -1.91. The molecular formula is C18H20Cl2N2O2. The van der Waals surface area contributed by atoms with E-state index in [9.17, 15) is 4.79 Å². The van der Waals surface area contributed by atoms with Gasteiger partial charge in [-0.15, -0.1) is 0 Å². The molecule has 0 unspecified atom stereocenters. The molecule has 0 fully saturated rings. The first-order valence-corrected chi connectivity index (χ1v) is 8.50. The van der Waals surface area contributed by atoms with E-state index in [0.29, 0.717) is 27.2 Å². The van der Waals surface area contributed by atoms with Gasteiger partial charge in [0.2, 0.25) is 0 Å². The summed E-state index contributed by atoms with van der Waals surface area (Å²) in [6, 6.07) is 10.9. The van der Waals surface area contributed by atoms with E-state index in [1.807, 2.05) is 12.1 Å². The van der Waals surface area contributed by atoms with Crippen LogP contribution in [-0.4, -0.2) is 19.1 Å². The minimum Gasteiger partial charge on any atom is -0.424 e. The van der Waals surface area contributed by atoms with Crippen molar-refractivity contribution < 1.29 is 9.53 Å². The van der Waals surface area contributed by atoms with Crippen molar-refractivity contribution in [2.24, 2.45) is 0 Å². The zero-order valence-electron chi connectivity index (χ0n) is 13.9. The summed E-state index contributed by atoms with van der Waals surface area (Å²) >= 11 is 12.5. The van der Waals surface area contributed by atoms with E-state index in [2.05, 4.69) is 24.1 Å². The number of ether oxygens (including phenoxy) is 1. The van der Waals surface area contributed by atoms with Crippen LogP contribution in [0.5, 0.6) is 5.75 Å². The van der Waals surface area contributed by atoms with Gasteiger partial charge in [0.25, 0.3) is 0 Å². The summed E-state index contributed by atoms with van der Waals surface area (Å²) in [6.07, 6.45) is 0. The zero-order valence-corrected chi connectivity index (χ0v) is 15.4. The first kappa shape index (κ1) is 18.4. The SMILES string of the molecule is CCN(CC)c1ccc(OC(C)=O)c(Nc2c(Cl)cccc2Cl)c1. The number of para-hydroxylation sites is 1. The van der Waals surface area contributed by atoms with Crippen LogP contribution in [0.25, 0.3) is 0 Å². The van der Waals surface area contributed by atoms with Crippen molar-refractivity contribution in [2.75, 3.05) is 23.3 Å². The molecule has 0 aliphatic heterocycles. The molecule has 0 atom stereocenters. The van der Waals surface area contributed by atoms with Crippen LogP contribution in [0.2, 0.25) is 10.0 Å². The van der Waals surface area contributed by atoms with Crippen LogP contribution >= 0.6 is 23.2 Å². The highest BCUT2D eigenvalue weighted by Gasteiger charge is 2.13. The fraction of sp³-hybridized carbons (Fsp3) is 0.278. The fourth-order valence-electron chi connectivity index (χ4n) is 2.40. The molecular weight excluding hydrogens is 347 g/mol. The van der Waals surface area contributed by atoms with E-state index in [4.69, 9.17) is 27.9 Å². The maximum Gasteiger partial charge on any atom is 0.308 e. The van der Waals surface area contributed by atoms with Crippen LogP contribution < -0.4 is 15.0 Å². The van der Waals surface area contributed by atoms with Crippen LogP contribution in [0.4, 0.5) is 17.1 Å². The third-order valence-electron chi connectivity index (χ3n) is 3.57. The maximum absolute atomic E-state index is 11.4. The first-order chi connectivity index (χ1) is 11.5. The van der Waals surface area contributed by atoms with Gasteiger partial charge in [0.15, 0.2) is 5.75 Å². The van der Waals surface area contributed by atoms with Gasteiger partial charge >= 0.3 is 5.97 Å². The lowest BCUT2D eigenvalue weighted by molar-refractivity contribution is -0.131. The number of nitrogens with zero attached hydrogens (tertiary/aromatic N) is 1. The average Bonchev–Trinajstić information content (AvgIpc) is 2.54. The van der Waals surface area contributed by atoms with Crippen LogP contribution in [0.1, 0.15) is 20.8 Å². The molecule has 6 heteroatoms. The minimum atomic E-state index is -0.390. The molecule has 0 radical (unpaired) electrons. The van der Waals surface area contributed by atoms with Crippen molar-refractivity contribution in [1.82, 2.24) is 0 Å². The number of benzene rings is 2. The molecule has 24 heavy (non-hydrogen) atoms. The molecule has 0 amide bonds. The second kappa shape index (κ2) is 8.27. The summed E-state index contributed by atoms with van der Waals surface area (Å²) in [5, 5.41) is 4.17. The number of hydrogen-bond donors (Lipinski definition) is 1. The lowest BCUT2D eigenvalue weighted by Gasteiger charge is -2.23. The zero-order chi connectivity index (χ0) is 17.7. The van der Waals surface area contributed by atoms with E-state index in [-0.39, 0.29) is 5.97 Å². The lowest BCUT2D eigenvalue weighted by Crippen LogP contribution is -2.21. The molecule has 0 saturated carbocycles. The fourth-order valence-corrected chi connectivity index (χ4v) is 2.89. The van der Waals surface area contributed by atoms with Gasteiger partial charge in [-0.1, -0.05) is 29.3 Å². The van der Waals surface area contributed by atoms with Crippen molar-refractivity contribution in [3.05, 3.63) is 46.4 Å². The number of hydrogen-bond acceptors (Lipinski definition) is 4. The normalized spacial score (nSPS) is 10.4. The summed E-state index contributed by atoms with van der Waals surface area (Å²) in [4.78, 5) is 13.6. The second-order valence-corrected chi connectivity index (χ2v) is 5.98. The van der Waals surface area contributed by atoms with Gasteiger partial charge in [-0.25, -0.2) is 0 Å². The average molecular weight is 367 g/mol. The predicted octanol–water partition coefficient (Wildman–Crippen LogP) is 5.51. The summed E-state index contributed by atoms with van der Waals surface area (Å²) in [7, 11) is 0. The van der Waals surface area contributed by atoms with Gasteiger partial charge in [0.1, 0.15) is 0 Å². The highest BCUT2D eigenvalue weighted by molar-refractivity contribution is 6.39. The van der Waals surface area contributed by atoms with E-state index in [0.717, 1.165) is 18.8 Å². The monoisotopic (exact) mass is 366 g/mol. The Morgan fingerprint density at radius 1 is 1.12 bits per heavy atom. The number of anilines is 3. The summed E-state index contributed by atoms with van der Waals surface area (Å²) in [5.74, 6) is 0.0355. The number of esters is 1. The molecule has 2 aromatic carbocycles. The molecule has 1 N–H and O–H groups in total. The largest absolute Gasteiger partial charge is 0.424 e. The van der Waals surface area contributed by atoms with Gasteiger partial charge < -0.3 is 15.0 Å². The topological polar surface area (TPSA) is 41.6 Å². The van der Waals surface area contributed by atoms with Gasteiger partial charge in [-0.2, -0.15) is 0 Å². The van der Waals surface area contributed by atoms with E-state index in [1.165, 1.54) is 6.92 Å². The van der Waals surface area contributed by atoms with E-state index < -0.39 is 0 Å². The molecule has 0 aliphatic carbocycles. The Labute approximate surface area is 152 Å². The van der Waals surface area contributed by atoms with Crippen LogP contribution in [-0.2, 0) is 4.79 Å². The third kappa shape index (κ3) is 4.34. The molecule has 0 bridgehead atoms. The molecule has 128 valence electrons. The van der Waals surface area contributed by atoms with Gasteiger partial charge in [0, 0.05) is 25.7 Å². The van der Waals surface area contributed by atoms with Crippen LogP contribution in [0.3, 0.4) is 0 Å². The van der Waals surface area contributed by atoms with Crippen molar-refractivity contribution in [3.8, 4) is 5.75 Å². The van der Waals surface area contributed by atoms with Crippen LogP contribution in [0.15, 0.2) is 36.4 Å². The van der Waals surface area contributed by atoms with E-state index in [1.54, 1.807) is 24.3 Å². The Bertz CT molecular complexity index is 711. The molecule has 0 aliphatic rings. The third-order valence-corrected chi connectivity index (χ3v) is 4.20. The van der Waals surface area contributed by atoms with Crippen LogP contribution in [0, 0.1) is 0 Å². The number of rotatable bonds is 6. The van der Waals surface area contributed by atoms with E-state index >= 15 is 0 Å². The number of carbonyl (C=O) groups excluding carboxylic acids is 1. The Morgan fingerprint density at radius 2 is 1.75 bits per heavy atom. The predicted molar refractivity (Wildman–Crippen MR) is 101 cm³/mol. The Balaban J connectivity index is 2.47. The highest BCUT2D eigenvalue weighted by atomic mass is 35.5. The molecule has 0 spiro atoms. The number of carbonyl (C=O) groups is 1. The Kier molecular flexibility index (Phi) is 6.35. The molecule has 2 aromatic rings. The number of halogens is 2. The number of nitrogens with one attached hydrogen (secondary N) is 1. The van der Waals surface area contributed by atoms with Crippen molar-refractivity contribution in [2.45, 2.75) is 20.8 Å². The van der Waals surface area contributed by atoms with Gasteiger partial charge in [-0.3, -0.25) is 4.79 Å². The molecule has 2 rings (SSSR count). The molecule has 0 heterocycles. The summed E-state index contributed by atoms with van der Waals surface area (Å²) in [6.45, 7) is 7.28. The Morgan fingerprint density at radius 3 is 2.29 bits per heavy atom. The highest BCUT2D eigenvalue weighted by Crippen LogP contribution is 2.37. The quantitative estimate of drug-likeness (QED) is 0.540. The summed E-state index contributed by atoms with van der Waals surface area (Å²) in [5.41, 5.74) is 2.22. The maximum atomic E-state index is 11.4. The summed E-state index contributed by atoms with van der Waals surface area (Å²) < 4.78 is 5.29. The molecule has 4 nitrogen and oxygen atoms in total. The van der Waals surface area contributed by atoms with Crippen molar-refractivity contribution >= 4 is 46.2 Å². The van der Waals surface area contributed by atoms with Crippen molar-refractivity contribution in [1.29, 1.82) is 0 Å². The second-order valence-electron chi connectivity index (χ2n) is 5.17. The first-order valence-electron chi connectivity index (χ1n) is 7.74. The van der Waals surface area contributed by atoms with Gasteiger partial charge in [0.05, 0.1) is 21.4 Å².